The van der Waals surface area contributed by atoms with Crippen LogP contribution in [-0.2, 0) is 137 Å². The van der Waals surface area contributed by atoms with Crippen LogP contribution in [-0.4, -0.2) is 75.1 Å². The second-order valence-corrected chi connectivity index (χ2v) is 26.3. The Labute approximate surface area is 502 Å². The molecule has 22 nitrogen and oxygen atoms in total. The van der Waals surface area contributed by atoms with E-state index in [1.54, 1.807) is 4.57 Å². The highest BCUT2D eigenvalue weighted by atomic mass is 31.2. The fourth-order valence-corrected chi connectivity index (χ4v) is 15.1. The van der Waals surface area contributed by atoms with Crippen LogP contribution in [0.5, 0.6) is 0 Å². The van der Waals surface area contributed by atoms with Crippen LogP contribution in [0.4, 0.5) is 5.82 Å². The number of nitrogens with zero attached hydrogens (tertiary/aromatic N) is 4. The highest BCUT2D eigenvalue weighted by molar-refractivity contribution is 7.49. The zero-order chi connectivity index (χ0) is 59.2. The Morgan fingerprint density at radius 3 is 1.46 bits per heavy atom. The van der Waals surface area contributed by atoms with Crippen LogP contribution < -0.4 is 5.73 Å². The van der Waals surface area contributed by atoms with E-state index in [0.717, 1.165) is 44.5 Å². The van der Waals surface area contributed by atoms with Gasteiger partial charge in [-0.05, 0) is 69.3 Å². The van der Waals surface area contributed by atoms with Gasteiger partial charge >= 0.3 is 23.5 Å². The van der Waals surface area contributed by atoms with Gasteiger partial charge in [0.1, 0.15) is 48.5 Å². The lowest BCUT2D eigenvalue weighted by molar-refractivity contribution is -0.324. The fraction of sp³-hybridized carbons (Fsp3) is 0.339. The second kappa shape index (κ2) is 26.9. The number of anilines is 1. The van der Waals surface area contributed by atoms with Gasteiger partial charge in [0.25, 0.3) is 0 Å². The molecule has 0 unspecified atom stereocenters. The molecule has 7 heterocycles. The number of hydrogen-bond acceptors (Lipinski definition) is 21. The van der Waals surface area contributed by atoms with Crippen molar-refractivity contribution in [3.05, 3.63) is 227 Å². The van der Waals surface area contributed by atoms with Crippen LogP contribution in [0, 0.1) is 0 Å². The molecule has 5 aliphatic heterocycles. The van der Waals surface area contributed by atoms with Gasteiger partial charge in [-0.1, -0.05) is 164 Å². The number of ether oxygens (including phenoxy) is 5. The lowest BCUT2D eigenvalue weighted by atomic mass is 9.98. The maximum Gasteiger partial charge on any atom is 0.475 e. The number of rotatable bonds is 20. The number of benzene rings is 6. The molecule has 87 heavy (non-hydrogen) atoms. The fourth-order valence-electron chi connectivity index (χ4n) is 11.1. The van der Waals surface area contributed by atoms with Crippen molar-refractivity contribution in [2.45, 2.75) is 127 Å². The van der Waals surface area contributed by atoms with Gasteiger partial charge in [0.15, 0.2) is 24.0 Å². The average Bonchev–Trinajstić information content (AvgIpc) is 1.91. The molecule has 9 atom stereocenters. The molecule has 2 N–H and O–H groups in total. The van der Waals surface area contributed by atoms with E-state index in [9.17, 15) is 0 Å². The molecule has 0 amide bonds. The maximum absolute atomic E-state index is 15.6. The van der Waals surface area contributed by atoms with Gasteiger partial charge in [0, 0.05) is 0 Å². The van der Waals surface area contributed by atoms with E-state index < -0.39 is 78.7 Å². The number of aromatic nitrogens is 4. The first-order chi connectivity index (χ1) is 42.5. The summed E-state index contributed by atoms with van der Waals surface area (Å²) in [6.07, 6.45) is -8.17. The molecule has 0 saturated carbocycles. The van der Waals surface area contributed by atoms with Gasteiger partial charge in [-0.2, -0.15) is 0 Å². The molecular weight excluding hydrogens is 1180 g/mol. The Balaban J connectivity index is 0.929. The highest BCUT2D eigenvalue weighted by Crippen LogP contribution is 2.61. The average molecular weight is 1240 g/mol. The van der Waals surface area contributed by atoms with Crippen molar-refractivity contribution in [2.75, 3.05) is 12.3 Å². The molecule has 0 bridgehead atoms. The monoisotopic (exact) mass is 1240 g/mol. The molecular formula is C62H64N5O17P3. The Morgan fingerprint density at radius 1 is 0.483 bits per heavy atom. The minimum atomic E-state index is -4.71. The predicted octanol–water partition coefficient (Wildman–Crippen LogP) is 12.0. The third-order valence-electron chi connectivity index (χ3n) is 15.7. The Kier molecular flexibility index (Phi) is 18.5. The summed E-state index contributed by atoms with van der Waals surface area (Å²) in [7, 11) is -13.9. The summed E-state index contributed by atoms with van der Waals surface area (Å²) in [5.41, 5.74) is 14.0. The van der Waals surface area contributed by atoms with Gasteiger partial charge in [0.2, 0.25) is 0 Å². The van der Waals surface area contributed by atoms with E-state index in [2.05, 4.69) is 15.0 Å². The van der Waals surface area contributed by atoms with Crippen molar-refractivity contribution >= 4 is 40.4 Å². The number of aryl methyl sites for hydroxylation is 1. The minimum absolute atomic E-state index is 0.0883. The summed E-state index contributed by atoms with van der Waals surface area (Å²) in [5, 5.41) is 0. The molecule has 6 aromatic carbocycles. The lowest BCUT2D eigenvalue weighted by Crippen LogP contribution is -2.62. The second-order valence-electron chi connectivity index (χ2n) is 21.4. The molecule has 2 saturated heterocycles. The van der Waals surface area contributed by atoms with E-state index in [1.165, 1.54) is 12.7 Å². The van der Waals surface area contributed by atoms with Crippen LogP contribution in [0.25, 0.3) is 11.2 Å². The van der Waals surface area contributed by atoms with E-state index >= 15 is 13.7 Å². The summed E-state index contributed by atoms with van der Waals surface area (Å²) >= 11 is 0. The summed E-state index contributed by atoms with van der Waals surface area (Å²) in [6.45, 7) is -1.15. The molecule has 13 rings (SSSR count). The number of phosphoric ester groups is 3. The van der Waals surface area contributed by atoms with Crippen LogP contribution in [0.15, 0.2) is 176 Å². The predicted molar refractivity (Wildman–Crippen MR) is 313 cm³/mol. The zero-order valence-electron chi connectivity index (χ0n) is 47.1. The largest absolute Gasteiger partial charge is 0.475 e. The summed E-state index contributed by atoms with van der Waals surface area (Å²) < 4.78 is 140. The zero-order valence-corrected chi connectivity index (χ0v) is 49.8. The van der Waals surface area contributed by atoms with Crippen molar-refractivity contribution in [1.82, 2.24) is 19.5 Å². The first-order valence-electron chi connectivity index (χ1n) is 28.7. The van der Waals surface area contributed by atoms with Gasteiger partial charge in [-0.25, -0.2) is 28.6 Å². The Morgan fingerprint density at radius 2 is 0.943 bits per heavy atom. The number of nitrogen functional groups attached to an aromatic ring is 1. The minimum Gasteiger partial charge on any atom is -0.382 e. The van der Waals surface area contributed by atoms with Crippen molar-refractivity contribution in [2.24, 2.45) is 0 Å². The molecule has 0 spiro atoms. The number of hydrogen-bond donors (Lipinski definition) is 1. The van der Waals surface area contributed by atoms with Gasteiger partial charge in [-0.3, -0.25) is 45.3 Å². The Bertz CT molecular complexity index is 3690. The van der Waals surface area contributed by atoms with Crippen LogP contribution >= 0.6 is 23.5 Å². The first-order valence-corrected chi connectivity index (χ1v) is 33.0. The van der Waals surface area contributed by atoms with Crippen molar-refractivity contribution in [3.8, 4) is 0 Å². The van der Waals surface area contributed by atoms with E-state index in [1.807, 2.05) is 164 Å². The molecule has 454 valence electrons. The van der Waals surface area contributed by atoms with E-state index in [-0.39, 0.29) is 76.4 Å². The van der Waals surface area contributed by atoms with Crippen molar-refractivity contribution in [1.29, 1.82) is 0 Å². The molecule has 5 aliphatic rings. The smallest absolute Gasteiger partial charge is 0.382 e. The topological polar surface area (TPSA) is 250 Å². The van der Waals surface area contributed by atoms with Gasteiger partial charge in [-0.15, -0.1) is 0 Å². The van der Waals surface area contributed by atoms with Crippen molar-refractivity contribution < 1.29 is 78.1 Å². The van der Waals surface area contributed by atoms with Crippen molar-refractivity contribution in [3.63, 3.8) is 0 Å². The SMILES string of the molecule is Nc1ncnc2c1ncn2[C@@H]1O[C@H](CCCc2ccccc2)[C@@H](O[C@H]2O[C@H](COCc3ccccc3)[C@@H](OP3(=O)OCc4ccccc4CO3)[C@H](OP3(=O)OCc4ccccc4CO3)[C@H]2OCc2ccccc2)[C@H]1OP1(=O)OCc2ccccc2CO1. The van der Waals surface area contributed by atoms with Gasteiger partial charge < -0.3 is 29.4 Å². The van der Waals surface area contributed by atoms with Crippen LogP contribution in [0.3, 0.4) is 0 Å². The summed E-state index contributed by atoms with van der Waals surface area (Å²) in [6, 6.07) is 50.9. The summed E-state index contributed by atoms with van der Waals surface area (Å²) in [4.78, 5) is 13.3. The van der Waals surface area contributed by atoms with Gasteiger partial charge in [0.05, 0.1) is 71.9 Å². The molecule has 0 aliphatic carbocycles. The highest BCUT2D eigenvalue weighted by Gasteiger charge is 2.59. The normalized spacial score (nSPS) is 25.7. The van der Waals surface area contributed by atoms with E-state index in [4.69, 9.17) is 70.1 Å². The number of phosphoric acid groups is 3. The number of imidazole rings is 1. The molecule has 2 fully saturated rings. The maximum atomic E-state index is 15.6. The molecule has 8 aromatic rings. The Hall–Kier alpha value is -6.20. The van der Waals surface area contributed by atoms with E-state index in [0.29, 0.717) is 24.8 Å². The van der Waals surface area contributed by atoms with Crippen LogP contribution in [0.2, 0.25) is 0 Å². The molecule has 0 radical (unpaired) electrons. The third-order valence-corrected chi connectivity index (χ3v) is 19.9. The number of nitrogens with two attached hydrogens (primary N) is 1. The lowest BCUT2D eigenvalue weighted by Gasteiger charge is -2.47. The molecule has 2 aromatic heterocycles. The first kappa shape index (κ1) is 59.7. The number of fused-ring (bicyclic) bond motifs is 4. The standard InChI is InChI=1S/C62H64N5O17P3/c63-59-53-60(65-40-64-59)67(41-66-53)61-57(84-87(70)77-37-49-28-14-15-29-50(49)38-78-87)54(51(79-61)30-16-23-42-17-4-1-5-18-42)81-62-58(72-32-44-21-8-3-9-22-44)56(83-86(69)75-35-47-26-12-13-27-48(47)36-76-86)55(52(80-62)39-71-31-43-19-6-2-7-20-43)82-85(68)73-33-45-24-10-11-25-46(45)34-74-85/h1-15,17-22,24-29,40-41,51-52,54-58,61-62H,16,23,30-39H2,(H2,63,64,65)/t51-,52-,54-,55-,56+,57-,58-,61-,62-/m1/s1. The third kappa shape index (κ3) is 14.0. The molecule has 25 heteroatoms. The van der Waals surface area contributed by atoms with Crippen LogP contribution in [0.1, 0.15) is 69.1 Å². The quantitative estimate of drug-likeness (QED) is 0.0696. The summed E-state index contributed by atoms with van der Waals surface area (Å²) in [5.74, 6) is 0.107.